The first-order valence-corrected chi connectivity index (χ1v) is 12.0. The van der Waals surface area contributed by atoms with E-state index in [0.717, 1.165) is 27.3 Å². The predicted octanol–water partition coefficient (Wildman–Crippen LogP) is 3.16. The molecule has 4 rings (SSSR count). The summed E-state index contributed by atoms with van der Waals surface area (Å²) in [7, 11) is 1.46. The minimum absolute atomic E-state index is 0.0688. The van der Waals surface area contributed by atoms with Gasteiger partial charge in [0.1, 0.15) is 10.5 Å². The van der Waals surface area contributed by atoms with Crippen molar-refractivity contribution in [3.05, 3.63) is 39.3 Å². The van der Waals surface area contributed by atoms with Crippen molar-refractivity contribution < 1.29 is 27.8 Å². The third-order valence-electron chi connectivity index (χ3n) is 5.92. The molecule has 7 nitrogen and oxygen atoms in total. The number of rotatable bonds is 5. The lowest BCUT2D eigenvalue weighted by molar-refractivity contribution is -0.134. The molecule has 1 unspecified atom stereocenters. The fourth-order valence-corrected chi connectivity index (χ4v) is 5.56. The van der Waals surface area contributed by atoms with Gasteiger partial charge in [-0.2, -0.15) is 18.3 Å². The molecule has 1 spiro atoms. The molecule has 4 heterocycles. The lowest BCUT2D eigenvalue weighted by Gasteiger charge is -2.43. The molecule has 2 aliphatic rings. The quantitative estimate of drug-likeness (QED) is 0.676. The van der Waals surface area contributed by atoms with Crippen LogP contribution in [-0.4, -0.2) is 58.5 Å². The summed E-state index contributed by atoms with van der Waals surface area (Å²) in [5.74, 6) is -0.465. The zero-order chi connectivity index (χ0) is 24.2. The van der Waals surface area contributed by atoms with Crippen molar-refractivity contribution >= 4 is 17.2 Å². The highest BCUT2D eigenvalue weighted by atomic mass is 32.1. The molecule has 0 bridgehead atoms. The van der Waals surface area contributed by atoms with E-state index in [2.05, 4.69) is 15.3 Å². The lowest BCUT2D eigenvalue weighted by atomic mass is 9.85. The SMILES string of the molecule is CC.CNC(=O)C(O)Cn1cc(CN2CCC3(CC2)OCCc2cc(C(F)(F)F)sc23)cn1. The van der Waals surface area contributed by atoms with Crippen LogP contribution in [0, 0.1) is 0 Å². The molecule has 2 aliphatic heterocycles. The van der Waals surface area contributed by atoms with Gasteiger partial charge in [-0.3, -0.25) is 14.4 Å². The fraction of sp³-hybridized carbons (Fsp3) is 0.636. The number of hydrogen-bond donors (Lipinski definition) is 2. The minimum atomic E-state index is -4.32. The number of ether oxygens (including phenoxy) is 1. The molecule has 184 valence electrons. The van der Waals surface area contributed by atoms with Gasteiger partial charge in [-0.25, -0.2) is 0 Å². The van der Waals surface area contributed by atoms with Crippen LogP contribution in [0.25, 0.3) is 0 Å². The van der Waals surface area contributed by atoms with Crippen LogP contribution in [-0.2, 0) is 40.8 Å². The van der Waals surface area contributed by atoms with Crippen LogP contribution in [0.1, 0.15) is 47.6 Å². The Labute approximate surface area is 195 Å². The number of nitrogens with zero attached hydrogens (tertiary/aromatic N) is 3. The summed E-state index contributed by atoms with van der Waals surface area (Å²) in [6.07, 6.45) is -0.198. The average molecular weight is 489 g/mol. The van der Waals surface area contributed by atoms with Crippen LogP contribution in [0.2, 0.25) is 0 Å². The van der Waals surface area contributed by atoms with Gasteiger partial charge in [0.05, 0.1) is 19.3 Å². The average Bonchev–Trinajstić information content (AvgIpc) is 3.44. The maximum absolute atomic E-state index is 13.2. The van der Waals surface area contributed by atoms with Gasteiger partial charge in [-0.15, -0.1) is 11.3 Å². The molecule has 0 aliphatic carbocycles. The summed E-state index contributed by atoms with van der Waals surface area (Å²) in [5, 5.41) is 16.4. The Kier molecular flexibility index (Phi) is 8.20. The number of carbonyl (C=O) groups is 1. The molecular formula is C22H31F3N4O3S. The first-order valence-electron chi connectivity index (χ1n) is 11.2. The number of piperidine rings is 1. The Morgan fingerprint density at radius 3 is 2.70 bits per heavy atom. The third-order valence-corrected chi connectivity index (χ3v) is 7.33. The van der Waals surface area contributed by atoms with Crippen molar-refractivity contribution in [2.45, 2.75) is 64.1 Å². The van der Waals surface area contributed by atoms with Gasteiger partial charge in [0.25, 0.3) is 5.91 Å². The number of aromatic nitrogens is 2. The summed E-state index contributed by atoms with van der Waals surface area (Å²) in [5.41, 5.74) is 1.09. The van der Waals surface area contributed by atoms with Crippen LogP contribution < -0.4 is 5.32 Å². The van der Waals surface area contributed by atoms with Crippen molar-refractivity contribution in [2.75, 3.05) is 26.7 Å². The van der Waals surface area contributed by atoms with E-state index < -0.39 is 28.7 Å². The zero-order valence-electron chi connectivity index (χ0n) is 19.1. The van der Waals surface area contributed by atoms with Crippen molar-refractivity contribution in [1.82, 2.24) is 20.0 Å². The molecule has 11 heteroatoms. The number of amides is 1. The van der Waals surface area contributed by atoms with E-state index >= 15 is 0 Å². The monoisotopic (exact) mass is 488 g/mol. The number of carbonyl (C=O) groups excluding carboxylic acids is 1. The molecule has 1 fully saturated rings. The second kappa shape index (κ2) is 10.5. The third kappa shape index (κ3) is 5.76. The normalized spacial score (nSPS) is 18.9. The Balaban J connectivity index is 0.00000149. The number of halogens is 3. The molecule has 2 N–H and O–H groups in total. The van der Waals surface area contributed by atoms with E-state index in [0.29, 0.717) is 45.5 Å². The van der Waals surface area contributed by atoms with Crippen LogP contribution in [0.3, 0.4) is 0 Å². The summed E-state index contributed by atoms with van der Waals surface area (Å²) in [6, 6.07) is 1.29. The molecule has 2 aromatic heterocycles. The summed E-state index contributed by atoms with van der Waals surface area (Å²) in [4.78, 5) is 13.9. The molecule has 0 aromatic carbocycles. The van der Waals surface area contributed by atoms with Crippen LogP contribution in [0.4, 0.5) is 13.2 Å². The molecular weight excluding hydrogens is 457 g/mol. The van der Waals surface area contributed by atoms with Crippen molar-refractivity contribution in [2.24, 2.45) is 0 Å². The van der Waals surface area contributed by atoms with Gasteiger partial charge < -0.3 is 15.2 Å². The Morgan fingerprint density at radius 1 is 1.36 bits per heavy atom. The largest absolute Gasteiger partial charge is 0.425 e. The highest BCUT2D eigenvalue weighted by molar-refractivity contribution is 7.12. The molecule has 1 amide bonds. The number of likely N-dealkylation sites (tertiary alicyclic amines) is 1. The van der Waals surface area contributed by atoms with Crippen molar-refractivity contribution in [3.8, 4) is 0 Å². The number of thiophene rings is 1. The van der Waals surface area contributed by atoms with Crippen molar-refractivity contribution in [3.63, 3.8) is 0 Å². The molecule has 0 saturated carbocycles. The zero-order valence-corrected chi connectivity index (χ0v) is 19.9. The van der Waals surface area contributed by atoms with E-state index in [9.17, 15) is 23.1 Å². The molecule has 1 saturated heterocycles. The second-order valence-electron chi connectivity index (χ2n) is 8.03. The topological polar surface area (TPSA) is 79.6 Å². The standard InChI is InChI=1S/C20H25F3N4O3S.C2H6/c1-24-18(29)15(28)12-27-11-13(9-25-27)10-26-5-3-19(4-6-26)17-14(2-7-30-19)8-16(31-17)20(21,22)23;1-2/h8-9,11,15,28H,2-7,10,12H2,1H3,(H,24,29);1-2H3. The van der Waals surface area contributed by atoms with E-state index in [1.165, 1.54) is 17.8 Å². The van der Waals surface area contributed by atoms with Crippen LogP contribution in [0.5, 0.6) is 0 Å². The van der Waals surface area contributed by atoms with E-state index in [-0.39, 0.29) is 6.54 Å². The predicted molar refractivity (Wildman–Crippen MR) is 119 cm³/mol. The van der Waals surface area contributed by atoms with E-state index in [1.807, 2.05) is 13.8 Å². The second-order valence-corrected chi connectivity index (χ2v) is 9.08. The Bertz CT molecular complexity index is 936. The summed E-state index contributed by atoms with van der Waals surface area (Å²) >= 11 is 0.828. The summed E-state index contributed by atoms with van der Waals surface area (Å²) < 4.78 is 47.2. The summed E-state index contributed by atoms with van der Waals surface area (Å²) in [6.45, 7) is 6.55. The highest BCUT2D eigenvalue weighted by Crippen LogP contribution is 2.48. The molecule has 1 atom stereocenters. The lowest BCUT2D eigenvalue weighted by Crippen LogP contribution is -2.45. The molecule has 2 aromatic rings. The first-order chi connectivity index (χ1) is 15.7. The van der Waals surface area contributed by atoms with Gasteiger partial charge in [-0.05, 0) is 30.9 Å². The van der Waals surface area contributed by atoms with Gasteiger partial charge >= 0.3 is 6.18 Å². The van der Waals surface area contributed by atoms with Gasteiger partial charge in [0.15, 0.2) is 6.10 Å². The number of likely N-dealkylation sites (N-methyl/N-ethyl adjacent to an activating group) is 1. The number of hydrogen-bond acceptors (Lipinski definition) is 6. The Hall–Kier alpha value is -1.95. The maximum Gasteiger partial charge on any atom is 0.425 e. The number of nitrogens with one attached hydrogen (secondary N) is 1. The first kappa shape index (κ1) is 25.7. The minimum Gasteiger partial charge on any atom is -0.381 e. The van der Waals surface area contributed by atoms with Crippen LogP contribution in [0.15, 0.2) is 18.5 Å². The molecule has 33 heavy (non-hydrogen) atoms. The number of alkyl halides is 3. The smallest absolute Gasteiger partial charge is 0.381 e. The van der Waals surface area contributed by atoms with Gasteiger partial charge in [0, 0.05) is 43.3 Å². The number of fused-ring (bicyclic) bond motifs is 2. The number of aliphatic hydroxyl groups excluding tert-OH is 1. The maximum atomic E-state index is 13.2. The van der Waals surface area contributed by atoms with Gasteiger partial charge in [-0.1, -0.05) is 13.8 Å². The van der Waals surface area contributed by atoms with E-state index in [4.69, 9.17) is 4.74 Å². The number of aliphatic hydroxyl groups is 1. The Morgan fingerprint density at radius 2 is 2.06 bits per heavy atom. The highest BCUT2D eigenvalue weighted by Gasteiger charge is 2.45. The molecule has 0 radical (unpaired) electrons. The van der Waals surface area contributed by atoms with Crippen molar-refractivity contribution in [1.29, 1.82) is 0 Å². The van der Waals surface area contributed by atoms with E-state index in [1.54, 1.807) is 12.4 Å². The van der Waals surface area contributed by atoms with Crippen LogP contribution >= 0.6 is 11.3 Å². The fourth-order valence-electron chi connectivity index (χ4n) is 4.28. The van der Waals surface area contributed by atoms with Gasteiger partial charge in [0.2, 0.25) is 0 Å².